The Morgan fingerprint density at radius 2 is 1.65 bits per heavy atom. The molecule has 1 unspecified atom stereocenters. The molecule has 5 rings (SSSR count). The Morgan fingerprint density at radius 3 is 2.32 bits per heavy atom. The van der Waals surface area contributed by atoms with E-state index in [1.165, 1.54) is 47.2 Å². The third-order valence-electron chi connectivity index (χ3n) is 6.33. The van der Waals surface area contributed by atoms with Gasteiger partial charge in [-0.15, -0.1) is 0 Å². The topological polar surface area (TPSA) is 12.9 Å². The van der Waals surface area contributed by atoms with Crippen LogP contribution in [0.15, 0.2) is 72.4 Å². The Bertz CT molecular complexity index is 1030. The molecular weight excluding hydrogens is 461 g/mol. The van der Waals surface area contributed by atoms with Crippen LogP contribution in [0.25, 0.3) is 5.57 Å². The number of rotatable bonds is 4. The molecule has 1 nitrogen and oxygen atoms in total. The number of pyridine rings is 1. The summed E-state index contributed by atoms with van der Waals surface area (Å²) in [6, 6.07) is 22.2. The summed E-state index contributed by atoms with van der Waals surface area (Å²) in [6.07, 6.45) is 7.72. The number of hydrogen-bond donors (Lipinski definition) is 0. The number of halogens is 2. The van der Waals surface area contributed by atoms with Gasteiger partial charge >= 0.3 is 33.5 Å². The molecule has 1 atom stereocenters. The molecule has 2 aliphatic carbocycles. The molecule has 4 heteroatoms. The quantitative estimate of drug-likeness (QED) is 0.342. The Labute approximate surface area is 201 Å². The summed E-state index contributed by atoms with van der Waals surface area (Å²) in [4.78, 5) is 4.60. The molecule has 0 aliphatic heterocycles. The third kappa shape index (κ3) is 5.44. The molecule has 2 aliphatic rings. The third-order valence-corrected chi connectivity index (χ3v) is 6.33. The van der Waals surface area contributed by atoms with Crippen LogP contribution < -0.4 is 0 Å². The molecule has 0 bridgehead atoms. The Balaban J connectivity index is 0.000000645. The van der Waals surface area contributed by atoms with Crippen LogP contribution in [0.4, 0.5) is 0 Å². The predicted octanol–water partition coefficient (Wildman–Crippen LogP) is 7.75. The molecule has 1 heterocycles. The SMILES string of the molecule is CC1=C(Cc2ccccn2)c2cc3c(cc2C1Cc1ccccc1)CCC3.[CH3-].[Cl][Cr+][Cl]. The zero-order chi connectivity index (χ0) is 20.9. The van der Waals surface area contributed by atoms with E-state index in [0.29, 0.717) is 5.92 Å². The summed E-state index contributed by atoms with van der Waals surface area (Å²) in [7, 11) is 9.65. The average Bonchev–Trinajstić information content (AvgIpc) is 3.32. The first-order valence-corrected chi connectivity index (χ1v) is 13.9. The molecule has 1 aromatic heterocycles. The molecule has 0 saturated heterocycles. The van der Waals surface area contributed by atoms with Crippen LogP contribution in [-0.4, -0.2) is 4.98 Å². The fourth-order valence-electron chi connectivity index (χ4n) is 4.88. The summed E-state index contributed by atoms with van der Waals surface area (Å²) in [5, 5.41) is 0. The fraction of sp³-hybridized carbons (Fsp3) is 0.259. The van der Waals surface area contributed by atoms with E-state index < -0.39 is 0 Å². The van der Waals surface area contributed by atoms with Gasteiger partial charge in [0.05, 0.1) is 0 Å². The second-order valence-corrected chi connectivity index (χ2v) is 10.1. The van der Waals surface area contributed by atoms with Gasteiger partial charge in [-0.3, -0.25) is 4.98 Å². The standard InChI is InChI=1S/C26H25N.CH3.2ClH.Cr/c1-18-23(14-19-8-3-2-4-9-19)25-15-20-10-7-11-21(20)16-26(25)24(18)17-22-12-5-6-13-27-22;;;;/h2-6,8-9,12-13,15-16,23H,7,10-11,14,17H2,1H3;1H3;2*1H;/q;-1;;;+3/p-2. The molecule has 0 saturated carbocycles. The van der Waals surface area contributed by atoms with Crippen molar-refractivity contribution in [3.8, 4) is 0 Å². The Kier molecular flexibility index (Phi) is 8.82. The van der Waals surface area contributed by atoms with Gasteiger partial charge in [-0.1, -0.05) is 54.1 Å². The van der Waals surface area contributed by atoms with E-state index in [0.717, 1.165) is 12.8 Å². The fourth-order valence-corrected chi connectivity index (χ4v) is 4.88. The van der Waals surface area contributed by atoms with Gasteiger partial charge in [-0.25, -0.2) is 0 Å². The first kappa shape index (κ1) is 24.1. The summed E-state index contributed by atoms with van der Waals surface area (Å²) in [6.45, 7) is 2.34. The molecule has 0 amide bonds. The number of fused-ring (bicyclic) bond motifs is 2. The molecular formula is C27H28Cl2CrN. The molecule has 161 valence electrons. The number of allylic oxidation sites excluding steroid dienone is 2. The van der Waals surface area contributed by atoms with Gasteiger partial charge in [0.1, 0.15) is 0 Å². The van der Waals surface area contributed by atoms with E-state index in [9.17, 15) is 0 Å². The maximum atomic E-state index is 4.83. The van der Waals surface area contributed by atoms with E-state index in [-0.39, 0.29) is 20.8 Å². The van der Waals surface area contributed by atoms with Gasteiger partial charge in [0.2, 0.25) is 0 Å². The van der Waals surface area contributed by atoms with Crippen molar-refractivity contribution in [2.45, 2.75) is 44.9 Å². The minimum atomic E-state index is -0.181. The van der Waals surface area contributed by atoms with Crippen LogP contribution in [-0.2, 0) is 39.1 Å². The van der Waals surface area contributed by atoms with Crippen LogP contribution >= 0.6 is 20.1 Å². The molecule has 31 heavy (non-hydrogen) atoms. The molecule has 3 aromatic rings. The van der Waals surface area contributed by atoms with E-state index in [4.69, 9.17) is 20.1 Å². The Morgan fingerprint density at radius 1 is 0.968 bits per heavy atom. The van der Waals surface area contributed by atoms with Crippen molar-refractivity contribution in [1.82, 2.24) is 4.98 Å². The number of nitrogens with zero attached hydrogens (tertiary/aromatic N) is 1. The molecule has 0 radical (unpaired) electrons. The second kappa shape index (κ2) is 11.3. The van der Waals surface area contributed by atoms with Crippen molar-refractivity contribution in [3.63, 3.8) is 0 Å². The number of hydrogen-bond acceptors (Lipinski definition) is 1. The van der Waals surface area contributed by atoms with Crippen molar-refractivity contribution in [1.29, 1.82) is 0 Å². The van der Waals surface area contributed by atoms with Crippen molar-refractivity contribution < 1.29 is 13.4 Å². The summed E-state index contributed by atoms with van der Waals surface area (Å²) in [5.41, 5.74) is 11.8. The van der Waals surface area contributed by atoms with Crippen molar-refractivity contribution in [2.75, 3.05) is 0 Å². The average molecular weight is 489 g/mol. The minimum absolute atomic E-state index is 0. The van der Waals surface area contributed by atoms with E-state index in [1.807, 2.05) is 12.3 Å². The van der Waals surface area contributed by atoms with E-state index in [2.05, 4.69) is 66.5 Å². The Hall–Kier alpha value is -1.56. The molecule has 2 aromatic carbocycles. The molecule has 0 spiro atoms. The first-order valence-electron chi connectivity index (χ1n) is 10.4. The van der Waals surface area contributed by atoms with E-state index >= 15 is 0 Å². The van der Waals surface area contributed by atoms with Crippen molar-refractivity contribution in [2.24, 2.45) is 0 Å². The van der Waals surface area contributed by atoms with E-state index in [1.54, 1.807) is 16.7 Å². The zero-order valence-electron chi connectivity index (χ0n) is 18.1. The number of aryl methyl sites for hydroxylation is 2. The van der Waals surface area contributed by atoms with Crippen LogP contribution in [0.1, 0.15) is 52.8 Å². The van der Waals surface area contributed by atoms with Gasteiger partial charge in [0.15, 0.2) is 0 Å². The maximum absolute atomic E-state index is 4.83. The summed E-state index contributed by atoms with van der Waals surface area (Å²) < 4.78 is 0. The van der Waals surface area contributed by atoms with Gasteiger partial charge < -0.3 is 7.43 Å². The normalized spacial score (nSPS) is 16.0. The monoisotopic (exact) mass is 488 g/mol. The number of benzene rings is 2. The predicted molar refractivity (Wildman–Crippen MR) is 130 cm³/mol. The molecule has 0 N–H and O–H groups in total. The zero-order valence-corrected chi connectivity index (χ0v) is 20.9. The van der Waals surface area contributed by atoms with Crippen LogP contribution in [0.3, 0.4) is 0 Å². The van der Waals surface area contributed by atoms with Crippen molar-refractivity contribution >= 4 is 25.7 Å². The van der Waals surface area contributed by atoms with Crippen LogP contribution in [0.5, 0.6) is 0 Å². The summed E-state index contributed by atoms with van der Waals surface area (Å²) >= 11 is -0.181. The van der Waals surface area contributed by atoms with Crippen molar-refractivity contribution in [3.05, 3.63) is 113 Å². The van der Waals surface area contributed by atoms with Crippen LogP contribution in [0.2, 0.25) is 0 Å². The van der Waals surface area contributed by atoms with Crippen LogP contribution in [0, 0.1) is 7.43 Å². The second-order valence-electron chi connectivity index (χ2n) is 8.02. The first-order chi connectivity index (χ1) is 14.7. The summed E-state index contributed by atoms with van der Waals surface area (Å²) in [5.74, 6) is 0.493. The van der Waals surface area contributed by atoms with Gasteiger partial charge in [-0.2, -0.15) is 0 Å². The number of aromatic nitrogens is 1. The van der Waals surface area contributed by atoms with Gasteiger partial charge in [-0.05, 0) is 78.1 Å². The van der Waals surface area contributed by atoms with Gasteiger partial charge in [0.25, 0.3) is 0 Å². The van der Waals surface area contributed by atoms with Gasteiger partial charge in [0, 0.05) is 24.2 Å². The molecule has 0 fully saturated rings.